The molecule has 9 nitrogen and oxygen atoms in total. The molecule has 0 bridgehead atoms. The van der Waals surface area contributed by atoms with Gasteiger partial charge in [-0.15, -0.1) is 0 Å². The number of benzene rings is 1. The van der Waals surface area contributed by atoms with Crippen LogP contribution < -0.4 is 16.1 Å². The van der Waals surface area contributed by atoms with Crippen LogP contribution in [0.5, 0.6) is 6.01 Å². The summed E-state index contributed by atoms with van der Waals surface area (Å²) in [5.74, 6) is -0.724. The van der Waals surface area contributed by atoms with E-state index in [1.807, 2.05) is 4.98 Å². The lowest BCUT2D eigenvalue weighted by Crippen LogP contribution is -2.21. The second-order valence-electron chi connectivity index (χ2n) is 3.99. The molecule has 0 spiro atoms. The lowest BCUT2D eigenvalue weighted by atomic mass is 10.2. The number of fused-ring (bicyclic) bond motifs is 1. The number of aromatic nitrogens is 4. The molecule has 0 atom stereocenters. The van der Waals surface area contributed by atoms with Crippen LogP contribution in [0.4, 0.5) is 0 Å². The van der Waals surface area contributed by atoms with Gasteiger partial charge in [-0.05, 0) is 12.1 Å². The quantitative estimate of drug-likeness (QED) is 0.462. The average molecular weight is 288 g/mol. The number of nitrogens with one attached hydrogen (secondary N) is 3. The third-order valence-corrected chi connectivity index (χ3v) is 2.57. The Balaban J connectivity index is 1.80. The minimum atomic E-state index is -0.724. The highest BCUT2D eigenvalue weighted by molar-refractivity contribution is 5.88. The first-order valence-electron chi connectivity index (χ1n) is 5.80. The molecule has 0 amide bonds. The molecule has 9 heteroatoms. The van der Waals surface area contributed by atoms with Crippen molar-refractivity contribution in [3.63, 3.8) is 0 Å². The van der Waals surface area contributed by atoms with Gasteiger partial charge in [0.1, 0.15) is 0 Å². The van der Waals surface area contributed by atoms with Crippen molar-refractivity contribution in [2.45, 2.75) is 0 Å². The Morgan fingerprint density at radius 2 is 1.81 bits per heavy atom. The highest BCUT2D eigenvalue weighted by Crippen LogP contribution is 2.10. The molecule has 0 radical (unpaired) electrons. The van der Waals surface area contributed by atoms with Crippen molar-refractivity contribution in [3.05, 3.63) is 56.7 Å². The van der Waals surface area contributed by atoms with Gasteiger partial charge < -0.3 is 0 Å². The number of carbonyl (C=O) groups is 1. The highest BCUT2D eigenvalue weighted by Gasteiger charge is 2.12. The van der Waals surface area contributed by atoms with E-state index in [9.17, 15) is 14.4 Å². The topological polar surface area (TPSA) is 130 Å². The number of hydrogen-bond donors (Lipinski definition) is 3. The van der Waals surface area contributed by atoms with E-state index in [-0.39, 0.29) is 17.2 Å². The van der Waals surface area contributed by atoms with E-state index in [0.717, 1.165) is 0 Å². The van der Waals surface area contributed by atoms with E-state index < -0.39 is 17.2 Å². The molecule has 0 aliphatic carbocycles. The SMILES string of the molecule is O=C(OOc1nc2[nH]c(=O)[nH]c(=O)c2[nH]1)c1ccccc1. The van der Waals surface area contributed by atoms with E-state index in [0.29, 0.717) is 5.56 Å². The van der Waals surface area contributed by atoms with Gasteiger partial charge in [-0.25, -0.2) is 19.4 Å². The minimum Gasteiger partial charge on any atom is -0.298 e. The predicted molar refractivity (Wildman–Crippen MR) is 69.8 cm³/mol. The van der Waals surface area contributed by atoms with E-state index >= 15 is 0 Å². The van der Waals surface area contributed by atoms with Crippen molar-refractivity contribution in [3.8, 4) is 6.01 Å². The maximum Gasteiger partial charge on any atom is 0.386 e. The monoisotopic (exact) mass is 288 g/mol. The Hall–Kier alpha value is -3.36. The van der Waals surface area contributed by atoms with Crippen LogP contribution in [0.3, 0.4) is 0 Å². The van der Waals surface area contributed by atoms with Crippen LogP contribution in [-0.2, 0) is 4.89 Å². The van der Waals surface area contributed by atoms with E-state index in [1.54, 1.807) is 30.3 Å². The van der Waals surface area contributed by atoms with Gasteiger partial charge in [0.15, 0.2) is 11.2 Å². The van der Waals surface area contributed by atoms with Gasteiger partial charge in [0.2, 0.25) is 0 Å². The molecular weight excluding hydrogens is 280 g/mol. The van der Waals surface area contributed by atoms with E-state index in [4.69, 9.17) is 4.89 Å². The van der Waals surface area contributed by atoms with Crippen molar-refractivity contribution < 1.29 is 14.6 Å². The molecule has 0 saturated carbocycles. The van der Waals surface area contributed by atoms with Crippen molar-refractivity contribution in [1.29, 1.82) is 0 Å². The van der Waals surface area contributed by atoms with Crippen LogP contribution in [0.2, 0.25) is 0 Å². The first kappa shape index (κ1) is 12.7. The molecule has 0 fully saturated rings. The van der Waals surface area contributed by atoms with Gasteiger partial charge in [0.25, 0.3) is 5.56 Å². The molecule has 0 saturated heterocycles. The summed E-state index contributed by atoms with van der Waals surface area (Å²) in [6, 6.07) is 7.95. The van der Waals surface area contributed by atoms with Gasteiger partial charge >= 0.3 is 17.7 Å². The van der Waals surface area contributed by atoms with Crippen LogP contribution in [0, 0.1) is 0 Å². The Morgan fingerprint density at radius 1 is 1.05 bits per heavy atom. The average Bonchev–Trinajstić information content (AvgIpc) is 2.89. The number of imidazole rings is 1. The zero-order valence-corrected chi connectivity index (χ0v) is 10.4. The Bertz CT molecular complexity index is 909. The Morgan fingerprint density at radius 3 is 2.57 bits per heavy atom. The lowest BCUT2D eigenvalue weighted by molar-refractivity contribution is -0.155. The summed E-state index contributed by atoms with van der Waals surface area (Å²) in [6.45, 7) is 0. The molecule has 3 aromatic rings. The highest BCUT2D eigenvalue weighted by atomic mass is 17.2. The van der Waals surface area contributed by atoms with Gasteiger partial charge in [-0.1, -0.05) is 18.2 Å². The molecular formula is C12H8N4O5. The fraction of sp³-hybridized carbons (Fsp3) is 0. The molecule has 2 aromatic heterocycles. The standard InChI is InChI=1S/C12H8N4O5/c17-9-7-8(14-11(19)16-9)15-12(13-7)21-20-10(18)6-4-2-1-3-5-6/h1-5H,(H3,13,14,15,16,17,19). The van der Waals surface area contributed by atoms with Crippen molar-refractivity contribution in [2.24, 2.45) is 0 Å². The first-order valence-corrected chi connectivity index (χ1v) is 5.80. The predicted octanol–water partition coefficient (Wildman–Crippen LogP) is 0.0903. The van der Waals surface area contributed by atoms with Crippen molar-refractivity contribution in [1.82, 2.24) is 19.9 Å². The zero-order chi connectivity index (χ0) is 14.8. The maximum atomic E-state index is 11.6. The van der Waals surface area contributed by atoms with Crippen LogP contribution in [0.25, 0.3) is 11.2 Å². The smallest absolute Gasteiger partial charge is 0.298 e. The summed E-state index contributed by atoms with van der Waals surface area (Å²) in [5.41, 5.74) is -1.08. The number of hydrogen-bond acceptors (Lipinski definition) is 6. The molecule has 0 aliphatic heterocycles. The molecule has 1 aromatic carbocycles. The van der Waals surface area contributed by atoms with Crippen molar-refractivity contribution in [2.75, 3.05) is 0 Å². The fourth-order valence-corrected chi connectivity index (χ4v) is 1.65. The number of aromatic amines is 3. The van der Waals surface area contributed by atoms with Crippen molar-refractivity contribution >= 4 is 17.1 Å². The zero-order valence-electron chi connectivity index (χ0n) is 10.4. The molecule has 106 valence electrons. The molecule has 21 heavy (non-hydrogen) atoms. The Kier molecular flexibility index (Phi) is 2.99. The van der Waals surface area contributed by atoms with E-state index in [2.05, 4.69) is 19.8 Å². The van der Waals surface area contributed by atoms with Gasteiger partial charge in [0.05, 0.1) is 5.56 Å². The third-order valence-electron chi connectivity index (χ3n) is 2.57. The summed E-state index contributed by atoms with van der Waals surface area (Å²) in [4.78, 5) is 54.0. The van der Waals surface area contributed by atoms with Crippen LogP contribution in [0.1, 0.15) is 10.4 Å². The second kappa shape index (κ2) is 4.96. The summed E-state index contributed by atoms with van der Waals surface area (Å²) in [5, 5.41) is 0. The number of H-pyrrole nitrogens is 3. The molecule has 3 N–H and O–H groups in total. The minimum absolute atomic E-state index is 0.000333. The number of rotatable bonds is 3. The number of carbonyl (C=O) groups excluding carboxylic acids is 1. The Labute approximate surface area is 115 Å². The van der Waals surface area contributed by atoms with Gasteiger partial charge in [-0.3, -0.25) is 19.7 Å². The molecule has 0 aliphatic rings. The summed E-state index contributed by atoms with van der Waals surface area (Å²) in [7, 11) is 0. The van der Waals surface area contributed by atoms with Crippen LogP contribution >= 0.6 is 0 Å². The fourth-order valence-electron chi connectivity index (χ4n) is 1.65. The molecule has 3 rings (SSSR count). The largest absolute Gasteiger partial charge is 0.386 e. The molecule has 0 unspecified atom stereocenters. The van der Waals surface area contributed by atoms with Crippen LogP contribution in [0.15, 0.2) is 39.9 Å². The van der Waals surface area contributed by atoms with Crippen LogP contribution in [-0.4, -0.2) is 25.9 Å². The summed E-state index contributed by atoms with van der Waals surface area (Å²) in [6.07, 6.45) is 0. The van der Waals surface area contributed by atoms with Gasteiger partial charge in [0, 0.05) is 0 Å². The lowest BCUT2D eigenvalue weighted by Gasteiger charge is -2.00. The van der Waals surface area contributed by atoms with E-state index in [1.165, 1.54) is 0 Å². The first-order chi connectivity index (χ1) is 10.1. The molecule has 2 heterocycles. The summed E-state index contributed by atoms with van der Waals surface area (Å²) >= 11 is 0. The summed E-state index contributed by atoms with van der Waals surface area (Å²) < 4.78 is 0. The maximum absolute atomic E-state index is 11.6. The third kappa shape index (κ3) is 2.52. The second-order valence-corrected chi connectivity index (χ2v) is 3.99. The normalized spacial score (nSPS) is 10.5. The van der Waals surface area contributed by atoms with Gasteiger partial charge in [-0.2, -0.15) is 4.98 Å². The number of nitrogens with zero attached hydrogens (tertiary/aromatic N) is 1.